The number of nitrogens with one attached hydrogen (secondary N) is 1. The lowest BCUT2D eigenvalue weighted by molar-refractivity contribution is -0.121. The van der Waals surface area contributed by atoms with E-state index >= 15 is 0 Å². The smallest absolute Gasteiger partial charge is 0.227 e. The topological polar surface area (TPSA) is 41.6 Å². The zero-order chi connectivity index (χ0) is 19.9. The summed E-state index contributed by atoms with van der Waals surface area (Å²) in [6.45, 7) is 7.06. The molecule has 1 amide bonds. The van der Waals surface area contributed by atoms with Crippen LogP contribution in [0.1, 0.15) is 26.7 Å². The minimum atomic E-state index is -0.407. The first-order chi connectivity index (χ1) is 13.5. The molecular formula is C23H27FN2O2. The summed E-state index contributed by atoms with van der Waals surface area (Å²) in [5.41, 5.74) is 2.08. The summed E-state index contributed by atoms with van der Waals surface area (Å²) in [5.74, 6) is 0.396. The second kappa shape index (κ2) is 9.51. The summed E-state index contributed by atoms with van der Waals surface area (Å²) < 4.78 is 19.2. The number of rotatable bonds is 6. The van der Waals surface area contributed by atoms with Crippen molar-refractivity contribution in [2.24, 2.45) is 5.92 Å². The largest absolute Gasteiger partial charge is 0.454 e. The highest BCUT2D eigenvalue weighted by atomic mass is 19.1. The molecule has 3 rings (SSSR count). The molecule has 0 spiro atoms. The quantitative estimate of drug-likeness (QED) is 0.695. The van der Waals surface area contributed by atoms with Gasteiger partial charge in [0.25, 0.3) is 0 Å². The number of ether oxygens (including phenoxy) is 1. The van der Waals surface area contributed by atoms with Gasteiger partial charge in [0.05, 0.1) is 0 Å². The van der Waals surface area contributed by atoms with Crippen LogP contribution in [0.4, 0.5) is 10.1 Å². The summed E-state index contributed by atoms with van der Waals surface area (Å²) in [6.07, 6.45) is 3.88. The highest BCUT2D eigenvalue weighted by molar-refractivity contribution is 5.92. The van der Waals surface area contributed by atoms with Gasteiger partial charge < -0.3 is 10.1 Å². The Kier molecular flexibility index (Phi) is 6.82. The van der Waals surface area contributed by atoms with Crippen LogP contribution in [-0.2, 0) is 4.79 Å². The van der Waals surface area contributed by atoms with Gasteiger partial charge in [-0.05, 0) is 76.2 Å². The molecule has 0 aliphatic carbocycles. The molecule has 1 fully saturated rings. The number of likely N-dealkylation sites (tertiary alicyclic amines) is 1. The number of nitrogens with zero attached hydrogens (tertiary/aromatic N) is 1. The maximum Gasteiger partial charge on any atom is 0.227 e. The van der Waals surface area contributed by atoms with Gasteiger partial charge in [0.15, 0.2) is 11.6 Å². The second-order valence-electron chi connectivity index (χ2n) is 7.23. The standard InChI is InChI=1S/C23H27FN2O2/c1-3-17(2)16-26-14-12-18(13-15-26)23(27)25-19-8-10-20(11-9-19)28-22-7-5-4-6-21(22)24/h3-11,18H,12-16H2,1-2H3,(H,25,27). The summed E-state index contributed by atoms with van der Waals surface area (Å²) in [6, 6.07) is 13.3. The molecule has 0 unspecified atom stereocenters. The third-order valence-corrected chi connectivity index (χ3v) is 5.11. The molecule has 0 bridgehead atoms. The number of carbonyl (C=O) groups excluding carboxylic acids is 1. The van der Waals surface area contributed by atoms with Crippen molar-refractivity contribution in [2.75, 3.05) is 25.0 Å². The van der Waals surface area contributed by atoms with Gasteiger partial charge in [-0.15, -0.1) is 0 Å². The average molecular weight is 382 g/mol. The molecule has 0 saturated carbocycles. The molecular weight excluding hydrogens is 355 g/mol. The van der Waals surface area contributed by atoms with Crippen LogP contribution < -0.4 is 10.1 Å². The predicted octanol–water partition coefficient (Wildman–Crippen LogP) is 5.23. The van der Waals surface area contributed by atoms with E-state index in [1.807, 2.05) is 0 Å². The number of carbonyl (C=O) groups is 1. The van der Waals surface area contributed by atoms with Crippen LogP contribution in [0.3, 0.4) is 0 Å². The van der Waals surface area contributed by atoms with Gasteiger partial charge >= 0.3 is 0 Å². The number of para-hydroxylation sites is 1. The number of benzene rings is 2. The fourth-order valence-electron chi connectivity index (χ4n) is 3.30. The van der Waals surface area contributed by atoms with Crippen molar-refractivity contribution in [3.05, 3.63) is 66.0 Å². The van der Waals surface area contributed by atoms with Crippen LogP contribution in [0.5, 0.6) is 11.5 Å². The molecule has 2 aromatic rings. The van der Waals surface area contributed by atoms with E-state index in [0.29, 0.717) is 5.75 Å². The van der Waals surface area contributed by atoms with Gasteiger partial charge in [0.2, 0.25) is 5.91 Å². The monoisotopic (exact) mass is 382 g/mol. The van der Waals surface area contributed by atoms with E-state index < -0.39 is 5.82 Å². The Bertz CT molecular complexity index is 825. The Morgan fingerprint density at radius 2 is 1.86 bits per heavy atom. The lowest BCUT2D eigenvalue weighted by Crippen LogP contribution is -2.38. The Morgan fingerprint density at radius 1 is 1.18 bits per heavy atom. The number of hydrogen-bond donors (Lipinski definition) is 1. The molecule has 1 saturated heterocycles. The molecule has 1 N–H and O–H groups in total. The molecule has 2 aromatic carbocycles. The molecule has 28 heavy (non-hydrogen) atoms. The van der Waals surface area contributed by atoms with E-state index in [0.717, 1.165) is 38.2 Å². The zero-order valence-corrected chi connectivity index (χ0v) is 16.5. The van der Waals surface area contributed by atoms with Crippen molar-refractivity contribution in [2.45, 2.75) is 26.7 Å². The van der Waals surface area contributed by atoms with E-state index in [-0.39, 0.29) is 17.6 Å². The Balaban J connectivity index is 1.50. The van der Waals surface area contributed by atoms with Crippen LogP contribution in [0, 0.1) is 11.7 Å². The van der Waals surface area contributed by atoms with Gasteiger partial charge in [-0.2, -0.15) is 0 Å². The predicted molar refractivity (Wildman–Crippen MR) is 110 cm³/mol. The fourth-order valence-corrected chi connectivity index (χ4v) is 3.30. The molecule has 0 atom stereocenters. The van der Waals surface area contributed by atoms with Crippen molar-refractivity contribution in [3.8, 4) is 11.5 Å². The normalized spacial score (nSPS) is 16.0. The number of hydrogen-bond acceptors (Lipinski definition) is 3. The highest BCUT2D eigenvalue weighted by Gasteiger charge is 2.24. The number of piperidine rings is 1. The molecule has 1 heterocycles. The Labute approximate surface area is 166 Å². The summed E-state index contributed by atoms with van der Waals surface area (Å²) in [4.78, 5) is 14.9. The van der Waals surface area contributed by atoms with Crippen LogP contribution in [0.2, 0.25) is 0 Å². The Hall–Kier alpha value is -2.66. The van der Waals surface area contributed by atoms with E-state index in [9.17, 15) is 9.18 Å². The summed E-state index contributed by atoms with van der Waals surface area (Å²) in [7, 11) is 0. The van der Waals surface area contributed by atoms with Crippen molar-refractivity contribution < 1.29 is 13.9 Å². The average Bonchev–Trinajstić information content (AvgIpc) is 2.71. The zero-order valence-electron chi connectivity index (χ0n) is 16.5. The van der Waals surface area contributed by atoms with Crippen LogP contribution in [0.15, 0.2) is 60.2 Å². The summed E-state index contributed by atoms with van der Waals surface area (Å²) >= 11 is 0. The molecule has 148 valence electrons. The first-order valence-electron chi connectivity index (χ1n) is 9.72. The SMILES string of the molecule is CC=C(C)CN1CCC(C(=O)Nc2ccc(Oc3ccccc3F)cc2)CC1. The molecule has 0 aromatic heterocycles. The third kappa shape index (κ3) is 5.42. The fraction of sp³-hybridized carbons (Fsp3) is 0.348. The third-order valence-electron chi connectivity index (χ3n) is 5.11. The highest BCUT2D eigenvalue weighted by Crippen LogP contribution is 2.26. The maximum absolute atomic E-state index is 13.7. The second-order valence-corrected chi connectivity index (χ2v) is 7.23. The van der Waals surface area contributed by atoms with Crippen molar-refractivity contribution >= 4 is 11.6 Å². The maximum atomic E-state index is 13.7. The molecule has 1 aliphatic rings. The lowest BCUT2D eigenvalue weighted by atomic mass is 9.95. The van der Waals surface area contributed by atoms with Crippen molar-refractivity contribution in [1.29, 1.82) is 0 Å². The van der Waals surface area contributed by atoms with Gasteiger partial charge in [0, 0.05) is 18.2 Å². The van der Waals surface area contributed by atoms with Gasteiger partial charge in [-0.3, -0.25) is 9.69 Å². The van der Waals surface area contributed by atoms with Crippen LogP contribution >= 0.6 is 0 Å². The lowest BCUT2D eigenvalue weighted by Gasteiger charge is -2.31. The first-order valence-corrected chi connectivity index (χ1v) is 9.72. The van der Waals surface area contributed by atoms with E-state index in [4.69, 9.17) is 4.74 Å². The van der Waals surface area contributed by atoms with Crippen molar-refractivity contribution in [3.63, 3.8) is 0 Å². The van der Waals surface area contributed by atoms with E-state index in [1.54, 1.807) is 42.5 Å². The van der Waals surface area contributed by atoms with Gasteiger partial charge in [-0.25, -0.2) is 4.39 Å². The number of anilines is 1. The molecule has 4 nitrogen and oxygen atoms in total. The Morgan fingerprint density at radius 3 is 2.50 bits per heavy atom. The molecule has 5 heteroatoms. The first kappa shape index (κ1) is 20.1. The minimum absolute atomic E-state index is 0.0384. The van der Waals surface area contributed by atoms with Crippen molar-refractivity contribution in [1.82, 2.24) is 4.90 Å². The molecule has 0 radical (unpaired) electrons. The number of halogens is 1. The van der Waals surface area contributed by atoms with Gasteiger partial charge in [0.1, 0.15) is 5.75 Å². The van der Waals surface area contributed by atoms with E-state index in [2.05, 4.69) is 30.1 Å². The van der Waals surface area contributed by atoms with E-state index in [1.165, 1.54) is 11.6 Å². The van der Waals surface area contributed by atoms with Gasteiger partial charge in [-0.1, -0.05) is 23.8 Å². The summed E-state index contributed by atoms with van der Waals surface area (Å²) in [5, 5.41) is 2.98. The number of allylic oxidation sites excluding steroid dienone is 1. The van der Waals surface area contributed by atoms with Crippen LogP contribution in [0.25, 0.3) is 0 Å². The minimum Gasteiger partial charge on any atom is -0.454 e. The van der Waals surface area contributed by atoms with Crippen LogP contribution in [-0.4, -0.2) is 30.4 Å². The molecule has 1 aliphatic heterocycles. The number of amides is 1.